The van der Waals surface area contributed by atoms with E-state index < -0.39 is 28.7 Å². The molecule has 0 spiro atoms. The molecule has 0 saturated carbocycles. The topological polar surface area (TPSA) is 70.2 Å². The smallest absolute Gasteiger partial charge is 0.376 e. The number of nitrogens with one attached hydrogen (secondary N) is 3. The molecule has 0 aliphatic rings. The van der Waals surface area contributed by atoms with Crippen molar-refractivity contribution in [3.8, 4) is 0 Å². The van der Waals surface area contributed by atoms with Crippen molar-refractivity contribution in [2.45, 2.75) is 13.1 Å². The van der Waals surface area contributed by atoms with E-state index in [1.807, 2.05) is 5.32 Å². The molecule has 1 aromatic rings. The van der Waals surface area contributed by atoms with E-state index >= 15 is 0 Å². The molecule has 1 aromatic carbocycles. The quantitative estimate of drug-likeness (QED) is 0.797. The van der Waals surface area contributed by atoms with E-state index in [1.54, 1.807) is 6.92 Å². The minimum absolute atomic E-state index is 0.0674. The normalized spacial score (nSPS) is 10.9. The third kappa shape index (κ3) is 5.50. The van der Waals surface area contributed by atoms with E-state index in [-0.39, 0.29) is 12.2 Å². The van der Waals surface area contributed by atoms with Crippen LogP contribution in [0.4, 0.5) is 23.7 Å². The second-order valence-electron chi connectivity index (χ2n) is 3.95. The van der Waals surface area contributed by atoms with Crippen molar-refractivity contribution < 1.29 is 22.8 Å². The molecule has 0 fully saturated rings. The van der Waals surface area contributed by atoms with Gasteiger partial charge in [-0.05, 0) is 25.1 Å². The first kappa shape index (κ1) is 17.1. The number of benzene rings is 1. The number of anilines is 1. The summed E-state index contributed by atoms with van der Waals surface area (Å²) in [5.41, 5.74) is -0.934. The van der Waals surface area contributed by atoms with Gasteiger partial charge in [0.05, 0.1) is 17.1 Å². The van der Waals surface area contributed by atoms with Gasteiger partial charge in [-0.3, -0.25) is 10.1 Å². The summed E-state index contributed by atoms with van der Waals surface area (Å²) in [4.78, 5) is 22.4. The Hall–Kier alpha value is -1.96. The number of rotatable bonds is 4. The molecule has 0 aromatic heterocycles. The van der Waals surface area contributed by atoms with Gasteiger partial charge in [-0.25, -0.2) is 4.79 Å². The van der Waals surface area contributed by atoms with Crippen LogP contribution < -0.4 is 16.0 Å². The van der Waals surface area contributed by atoms with Crippen LogP contribution in [-0.4, -0.2) is 25.0 Å². The summed E-state index contributed by atoms with van der Waals surface area (Å²) in [6, 6.07) is 2.50. The molecule has 0 atom stereocenters. The molecule has 0 aliphatic carbocycles. The van der Waals surface area contributed by atoms with Crippen LogP contribution in [0.2, 0.25) is 5.02 Å². The van der Waals surface area contributed by atoms with Gasteiger partial charge in [0.25, 0.3) is 0 Å². The average Bonchev–Trinajstić information content (AvgIpc) is 2.36. The predicted octanol–water partition coefficient (Wildman–Crippen LogP) is 2.62. The standard InChI is InChI=1S/C12H13ClF3N3O2/c1-2-17-11(21)19-10(20)6-18-7-3-4-9(13)8(5-7)12(14,15)16/h3-5,18H,2,6H2,1H3,(H2,17,19,20,21). The lowest BCUT2D eigenvalue weighted by Gasteiger charge is -2.12. The summed E-state index contributed by atoms with van der Waals surface area (Å²) in [5.74, 6) is -0.676. The molecule has 5 nitrogen and oxygen atoms in total. The molecule has 0 heterocycles. The maximum absolute atomic E-state index is 12.6. The summed E-state index contributed by atoms with van der Waals surface area (Å²) >= 11 is 5.47. The summed E-state index contributed by atoms with van der Waals surface area (Å²) < 4.78 is 37.9. The number of hydrogen-bond acceptors (Lipinski definition) is 3. The van der Waals surface area contributed by atoms with Crippen LogP contribution in [0.3, 0.4) is 0 Å². The highest BCUT2D eigenvalue weighted by Crippen LogP contribution is 2.36. The lowest BCUT2D eigenvalue weighted by Crippen LogP contribution is -2.41. The van der Waals surface area contributed by atoms with E-state index in [2.05, 4.69) is 10.6 Å². The van der Waals surface area contributed by atoms with E-state index in [9.17, 15) is 22.8 Å². The minimum Gasteiger partial charge on any atom is -0.376 e. The summed E-state index contributed by atoms with van der Waals surface area (Å²) in [6.07, 6.45) is -4.59. The fourth-order valence-corrected chi connectivity index (χ4v) is 1.64. The number of urea groups is 1. The molecule has 0 saturated heterocycles. The fourth-order valence-electron chi connectivity index (χ4n) is 1.41. The first-order valence-corrected chi connectivity index (χ1v) is 6.30. The Morgan fingerprint density at radius 3 is 2.52 bits per heavy atom. The molecule has 3 N–H and O–H groups in total. The third-order valence-corrected chi connectivity index (χ3v) is 2.64. The van der Waals surface area contributed by atoms with Gasteiger partial charge < -0.3 is 10.6 Å². The Morgan fingerprint density at radius 2 is 1.95 bits per heavy atom. The van der Waals surface area contributed by atoms with Crippen molar-refractivity contribution >= 4 is 29.2 Å². The Labute approximate surface area is 123 Å². The lowest BCUT2D eigenvalue weighted by atomic mass is 10.2. The lowest BCUT2D eigenvalue weighted by molar-refractivity contribution is -0.137. The van der Waals surface area contributed by atoms with Gasteiger partial charge in [0.1, 0.15) is 0 Å². The summed E-state index contributed by atoms with van der Waals surface area (Å²) in [7, 11) is 0. The number of alkyl halides is 3. The van der Waals surface area contributed by atoms with Crippen LogP contribution in [0.25, 0.3) is 0 Å². The second-order valence-corrected chi connectivity index (χ2v) is 4.36. The van der Waals surface area contributed by atoms with Crippen LogP contribution in [0.5, 0.6) is 0 Å². The highest BCUT2D eigenvalue weighted by molar-refractivity contribution is 6.31. The third-order valence-electron chi connectivity index (χ3n) is 2.32. The van der Waals surface area contributed by atoms with Gasteiger partial charge >= 0.3 is 12.2 Å². The largest absolute Gasteiger partial charge is 0.417 e. The van der Waals surface area contributed by atoms with Crippen molar-refractivity contribution in [2.24, 2.45) is 0 Å². The molecule has 0 radical (unpaired) electrons. The summed E-state index contributed by atoms with van der Waals surface area (Å²) in [6.45, 7) is 1.67. The van der Waals surface area contributed by atoms with Gasteiger partial charge in [-0.1, -0.05) is 11.6 Å². The average molecular weight is 324 g/mol. The van der Waals surface area contributed by atoms with Crippen molar-refractivity contribution in [3.05, 3.63) is 28.8 Å². The number of halogens is 4. The fraction of sp³-hybridized carbons (Fsp3) is 0.333. The molecule has 0 bridgehead atoms. The van der Waals surface area contributed by atoms with Gasteiger partial charge in [-0.15, -0.1) is 0 Å². The predicted molar refractivity (Wildman–Crippen MR) is 72.2 cm³/mol. The van der Waals surface area contributed by atoms with Crippen molar-refractivity contribution in [1.29, 1.82) is 0 Å². The Kier molecular flexibility index (Phi) is 5.83. The highest BCUT2D eigenvalue weighted by Gasteiger charge is 2.33. The maximum atomic E-state index is 12.6. The van der Waals surface area contributed by atoms with Crippen LogP contribution in [0.1, 0.15) is 12.5 Å². The molecular weight excluding hydrogens is 311 g/mol. The molecule has 116 valence electrons. The molecule has 3 amide bonds. The number of carbonyl (C=O) groups is 2. The molecular formula is C12H13ClF3N3O2. The zero-order valence-electron chi connectivity index (χ0n) is 11.0. The maximum Gasteiger partial charge on any atom is 0.417 e. The number of imide groups is 1. The Balaban J connectivity index is 2.64. The molecule has 9 heteroatoms. The van der Waals surface area contributed by atoms with Crippen molar-refractivity contribution in [2.75, 3.05) is 18.4 Å². The van der Waals surface area contributed by atoms with Crippen molar-refractivity contribution in [1.82, 2.24) is 10.6 Å². The zero-order chi connectivity index (χ0) is 16.0. The zero-order valence-corrected chi connectivity index (χ0v) is 11.7. The minimum atomic E-state index is -4.59. The Bertz CT molecular complexity index is 535. The van der Waals surface area contributed by atoms with E-state index in [4.69, 9.17) is 11.6 Å². The number of carbonyl (C=O) groups excluding carboxylic acids is 2. The van der Waals surface area contributed by atoms with Gasteiger partial charge in [0, 0.05) is 12.2 Å². The van der Waals surface area contributed by atoms with Crippen molar-refractivity contribution in [3.63, 3.8) is 0 Å². The van der Waals surface area contributed by atoms with E-state index in [1.165, 1.54) is 6.07 Å². The molecule has 21 heavy (non-hydrogen) atoms. The number of hydrogen-bond donors (Lipinski definition) is 3. The molecule has 1 rings (SSSR count). The SMILES string of the molecule is CCNC(=O)NC(=O)CNc1ccc(Cl)c(C(F)(F)F)c1. The molecule has 0 unspecified atom stereocenters. The number of amides is 3. The van der Waals surface area contributed by atoms with Crippen LogP contribution in [0, 0.1) is 0 Å². The Morgan fingerprint density at radius 1 is 1.29 bits per heavy atom. The van der Waals surface area contributed by atoms with Gasteiger partial charge in [0.15, 0.2) is 0 Å². The van der Waals surface area contributed by atoms with E-state index in [0.717, 1.165) is 12.1 Å². The second kappa shape index (κ2) is 7.16. The highest BCUT2D eigenvalue weighted by atomic mass is 35.5. The first-order valence-electron chi connectivity index (χ1n) is 5.92. The van der Waals surface area contributed by atoms with Crippen LogP contribution in [-0.2, 0) is 11.0 Å². The van der Waals surface area contributed by atoms with Crippen LogP contribution >= 0.6 is 11.6 Å². The molecule has 0 aliphatic heterocycles. The summed E-state index contributed by atoms with van der Waals surface area (Å²) in [5, 5.41) is 6.40. The first-order chi connectivity index (χ1) is 9.74. The van der Waals surface area contributed by atoms with Gasteiger partial charge in [-0.2, -0.15) is 13.2 Å². The van der Waals surface area contributed by atoms with E-state index in [0.29, 0.717) is 6.54 Å². The van der Waals surface area contributed by atoms with Gasteiger partial charge in [0.2, 0.25) is 5.91 Å². The van der Waals surface area contributed by atoms with Crippen LogP contribution in [0.15, 0.2) is 18.2 Å². The monoisotopic (exact) mass is 323 g/mol.